The topological polar surface area (TPSA) is 103 Å². The Hall–Kier alpha value is -3.81. The molecule has 0 aliphatic heterocycles. The van der Waals surface area contributed by atoms with Gasteiger partial charge in [0.25, 0.3) is 5.69 Å². The summed E-state index contributed by atoms with van der Waals surface area (Å²) < 4.78 is 1.74. The molecule has 1 N–H and O–H groups in total. The second-order valence-corrected chi connectivity index (χ2v) is 5.45. The van der Waals surface area contributed by atoms with Crippen LogP contribution >= 0.6 is 0 Å². The van der Waals surface area contributed by atoms with Crippen molar-refractivity contribution in [2.45, 2.75) is 0 Å². The molecule has 8 nitrogen and oxygen atoms in total. The molecule has 1 heterocycles. The van der Waals surface area contributed by atoms with Crippen molar-refractivity contribution < 1.29 is 9.72 Å². The van der Waals surface area contributed by atoms with E-state index in [0.29, 0.717) is 17.1 Å². The summed E-state index contributed by atoms with van der Waals surface area (Å²) in [4.78, 5) is 22.8. The van der Waals surface area contributed by atoms with Crippen molar-refractivity contribution in [3.8, 4) is 11.4 Å². The van der Waals surface area contributed by atoms with E-state index in [9.17, 15) is 14.9 Å². The van der Waals surface area contributed by atoms with Gasteiger partial charge >= 0.3 is 0 Å². The van der Waals surface area contributed by atoms with Crippen molar-refractivity contribution in [3.63, 3.8) is 0 Å². The van der Waals surface area contributed by atoms with Gasteiger partial charge in [-0.15, -0.1) is 10.2 Å². The number of aryl methyl sites for hydroxylation is 1. The number of carbonyl (C=O) groups excluding carboxylic acids is 1. The van der Waals surface area contributed by atoms with E-state index in [1.54, 1.807) is 41.2 Å². The highest BCUT2D eigenvalue weighted by Gasteiger charge is 2.12. The van der Waals surface area contributed by atoms with Crippen molar-refractivity contribution in [1.29, 1.82) is 0 Å². The Morgan fingerprint density at radius 3 is 2.65 bits per heavy atom. The van der Waals surface area contributed by atoms with E-state index in [0.717, 1.165) is 5.56 Å². The molecule has 0 aliphatic carbocycles. The van der Waals surface area contributed by atoms with Crippen molar-refractivity contribution in [1.82, 2.24) is 14.8 Å². The molecule has 130 valence electrons. The van der Waals surface area contributed by atoms with Crippen LogP contribution in [-0.2, 0) is 11.8 Å². The lowest BCUT2D eigenvalue weighted by atomic mass is 10.1. The van der Waals surface area contributed by atoms with Crippen LogP contribution in [0.5, 0.6) is 0 Å². The Morgan fingerprint density at radius 1 is 1.19 bits per heavy atom. The molecule has 0 saturated carbocycles. The Morgan fingerprint density at radius 2 is 1.92 bits per heavy atom. The van der Waals surface area contributed by atoms with E-state index in [1.165, 1.54) is 18.2 Å². The summed E-state index contributed by atoms with van der Waals surface area (Å²) >= 11 is 0. The fourth-order valence-electron chi connectivity index (χ4n) is 2.45. The Labute approximate surface area is 149 Å². The number of anilines is 1. The van der Waals surface area contributed by atoms with Crippen molar-refractivity contribution in [2.24, 2.45) is 7.05 Å². The number of hydrogen-bond donors (Lipinski definition) is 1. The largest absolute Gasteiger partial charge is 0.322 e. The SMILES string of the molecule is Cn1cnnc1-c1ccccc1NC(=O)C=Cc1ccccc1[N+](=O)[O-]. The molecule has 3 rings (SSSR count). The number of benzene rings is 2. The molecular formula is C18H15N5O3. The maximum atomic E-state index is 12.3. The molecule has 0 saturated heterocycles. The highest BCUT2D eigenvalue weighted by atomic mass is 16.6. The van der Waals surface area contributed by atoms with Crippen LogP contribution in [0.1, 0.15) is 5.56 Å². The Bertz CT molecular complexity index is 994. The summed E-state index contributed by atoms with van der Waals surface area (Å²) in [7, 11) is 1.81. The predicted octanol–water partition coefficient (Wildman–Crippen LogP) is 3.04. The number of nitrogens with zero attached hydrogens (tertiary/aromatic N) is 4. The van der Waals surface area contributed by atoms with Crippen molar-refractivity contribution in [3.05, 3.63) is 76.6 Å². The zero-order valence-corrected chi connectivity index (χ0v) is 13.9. The standard InChI is InChI=1S/C18H15N5O3/c1-22-12-19-21-18(22)14-7-3-4-8-15(14)20-17(24)11-10-13-6-2-5-9-16(13)23(25)26/h2-12H,1H3,(H,20,24). The summed E-state index contributed by atoms with van der Waals surface area (Å²) in [6.45, 7) is 0. The van der Waals surface area contributed by atoms with Crippen LogP contribution in [0, 0.1) is 10.1 Å². The molecule has 3 aromatic rings. The zero-order valence-electron chi connectivity index (χ0n) is 13.9. The first-order valence-corrected chi connectivity index (χ1v) is 7.72. The minimum atomic E-state index is -0.485. The first kappa shape index (κ1) is 17.0. The van der Waals surface area contributed by atoms with Crippen molar-refractivity contribution in [2.75, 3.05) is 5.32 Å². The smallest absolute Gasteiger partial charge is 0.276 e. The number of nitro groups is 1. The van der Waals surface area contributed by atoms with E-state index < -0.39 is 10.8 Å². The molecule has 0 fully saturated rings. The average molecular weight is 349 g/mol. The van der Waals surface area contributed by atoms with Crippen LogP contribution in [0.25, 0.3) is 17.5 Å². The van der Waals surface area contributed by atoms with Gasteiger partial charge in [0.2, 0.25) is 5.91 Å². The van der Waals surface area contributed by atoms with Gasteiger partial charge in [0, 0.05) is 24.8 Å². The lowest BCUT2D eigenvalue weighted by Crippen LogP contribution is -2.09. The van der Waals surface area contributed by atoms with Crippen LogP contribution in [0.2, 0.25) is 0 Å². The molecule has 0 aliphatic rings. The number of para-hydroxylation sites is 2. The molecule has 26 heavy (non-hydrogen) atoms. The second kappa shape index (κ2) is 7.39. The fraction of sp³-hybridized carbons (Fsp3) is 0.0556. The molecule has 0 unspecified atom stereocenters. The molecule has 0 spiro atoms. The van der Waals surface area contributed by atoms with E-state index in [4.69, 9.17) is 0 Å². The molecule has 0 radical (unpaired) electrons. The summed E-state index contributed by atoms with van der Waals surface area (Å²) in [6.07, 6.45) is 4.25. The average Bonchev–Trinajstić information content (AvgIpc) is 3.06. The van der Waals surface area contributed by atoms with Gasteiger partial charge < -0.3 is 9.88 Å². The predicted molar refractivity (Wildman–Crippen MR) is 97.2 cm³/mol. The molecule has 1 amide bonds. The molecule has 2 aromatic carbocycles. The number of aromatic nitrogens is 3. The number of amides is 1. The van der Waals surface area contributed by atoms with Gasteiger partial charge in [0.15, 0.2) is 5.82 Å². The normalized spacial score (nSPS) is 10.8. The van der Waals surface area contributed by atoms with Gasteiger partial charge in [-0.1, -0.05) is 24.3 Å². The summed E-state index contributed by atoms with van der Waals surface area (Å²) in [6, 6.07) is 13.4. The van der Waals surface area contributed by atoms with Gasteiger partial charge in [-0.2, -0.15) is 0 Å². The molecule has 8 heteroatoms. The molecular weight excluding hydrogens is 334 g/mol. The quantitative estimate of drug-likeness (QED) is 0.433. The van der Waals surface area contributed by atoms with Gasteiger partial charge in [-0.25, -0.2) is 0 Å². The maximum Gasteiger partial charge on any atom is 0.276 e. The van der Waals surface area contributed by atoms with Crippen LogP contribution < -0.4 is 5.32 Å². The number of rotatable bonds is 5. The number of carbonyl (C=O) groups is 1. The van der Waals surface area contributed by atoms with Crippen LogP contribution in [0.3, 0.4) is 0 Å². The fourth-order valence-corrected chi connectivity index (χ4v) is 2.45. The maximum absolute atomic E-state index is 12.3. The van der Waals surface area contributed by atoms with E-state index in [-0.39, 0.29) is 5.69 Å². The van der Waals surface area contributed by atoms with E-state index in [1.807, 2.05) is 19.2 Å². The third kappa shape index (κ3) is 3.64. The first-order valence-electron chi connectivity index (χ1n) is 7.72. The number of hydrogen-bond acceptors (Lipinski definition) is 5. The molecule has 0 atom stereocenters. The Kier molecular flexibility index (Phi) is 4.84. The van der Waals surface area contributed by atoms with Crippen LogP contribution in [0.15, 0.2) is 60.9 Å². The lowest BCUT2D eigenvalue weighted by molar-refractivity contribution is -0.385. The van der Waals surface area contributed by atoms with Gasteiger partial charge in [0.1, 0.15) is 6.33 Å². The summed E-state index contributed by atoms with van der Waals surface area (Å²) in [5, 5.41) is 21.7. The lowest BCUT2D eigenvalue weighted by Gasteiger charge is -2.09. The minimum Gasteiger partial charge on any atom is -0.322 e. The highest BCUT2D eigenvalue weighted by molar-refractivity contribution is 6.04. The first-order chi connectivity index (χ1) is 12.6. The Balaban J connectivity index is 1.82. The van der Waals surface area contributed by atoms with Crippen LogP contribution in [0.4, 0.5) is 11.4 Å². The number of nitrogens with one attached hydrogen (secondary N) is 1. The van der Waals surface area contributed by atoms with E-state index >= 15 is 0 Å². The molecule has 1 aromatic heterocycles. The third-order valence-corrected chi connectivity index (χ3v) is 3.68. The highest BCUT2D eigenvalue weighted by Crippen LogP contribution is 2.25. The van der Waals surface area contributed by atoms with E-state index in [2.05, 4.69) is 15.5 Å². The van der Waals surface area contributed by atoms with Crippen LogP contribution in [-0.4, -0.2) is 25.6 Å². The van der Waals surface area contributed by atoms with Gasteiger partial charge in [0.05, 0.1) is 16.2 Å². The zero-order chi connectivity index (χ0) is 18.5. The van der Waals surface area contributed by atoms with Gasteiger partial charge in [-0.3, -0.25) is 14.9 Å². The summed E-state index contributed by atoms with van der Waals surface area (Å²) in [5.74, 6) is 0.210. The monoisotopic (exact) mass is 349 g/mol. The van der Waals surface area contributed by atoms with Gasteiger partial charge in [-0.05, 0) is 24.3 Å². The number of nitro benzene ring substituents is 1. The van der Waals surface area contributed by atoms with Crippen molar-refractivity contribution >= 4 is 23.4 Å². The summed E-state index contributed by atoms with van der Waals surface area (Å²) in [5.41, 5.74) is 1.59. The second-order valence-electron chi connectivity index (χ2n) is 5.45. The minimum absolute atomic E-state index is 0.0592. The molecule has 0 bridgehead atoms. The third-order valence-electron chi connectivity index (χ3n) is 3.68.